The number of nitrogens with zero attached hydrogens (tertiary/aromatic N) is 6. The van der Waals surface area contributed by atoms with Crippen LogP contribution in [0.4, 0.5) is 5.82 Å². The SMILES string of the molecule is CN(Cc1cnn(C)c(=O)c1)C1CN(c2cc3c(nn2)CCC3)C1. The largest absolute Gasteiger partial charge is 0.352 e. The van der Waals surface area contributed by atoms with Gasteiger partial charge in [0.15, 0.2) is 5.82 Å². The number of anilines is 1. The van der Waals surface area contributed by atoms with Gasteiger partial charge in [0.1, 0.15) is 0 Å². The van der Waals surface area contributed by atoms with Crippen LogP contribution in [0.2, 0.25) is 0 Å². The van der Waals surface area contributed by atoms with Crippen LogP contribution in [-0.2, 0) is 26.4 Å². The number of aryl methyl sites for hydroxylation is 3. The van der Waals surface area contributed by atoms with E-state index in [4.69, 9.17) is 0 Å². The molecule has 0 N–H and O–H groups in total. The van der Waals surface area contributed by atoms with Crippen molar-refractivity contribution >= 4 is 5.82 Å². The minimum Gasteiger partial charge on any atom is -0.352 e. The normalized spacial score (nSPS) is 17.2. The number of rotatable bonds is 4. The van der Waals surface area contributed by atoms with Gasteiger partial charge in [0.05, 0.1) is 11.9 Å². The Morgan fingerprint density at radius 1 is 1.25 bits per heavy atom. The maximum atomic E-state index is 11.7. The summed E-state index contributed by atoms with van der Waals surface area (Å²) in [6.07, 6.45) is 5.16. The van der Waals surface area contributed by atoms with Crippen molar-refractivity contribution in [2.75, 3.05) is 25.0 Å². The summed E-state index contributed by atoms with van der Waals surface area (Å²) in [7, 11) is 3.76. The summed E-state index contributed by atoms with van der Waals surface area (Å²) in [5.74, 6) is 0.996. The minimum absolute atomic E-state index is 0.0652. The monoisotopic (exact) mass is 326 g/mol. The number of hydrogen-bond donors (Lipinski definition) is 0. The molecule has 0 saturated carbocycles. The maximum Gasteiger partial charge on any atom is 0.266 e. The number of likely N-dealkylation sites (N-methyl/N-ethyl adjacent to an activating group) is 1. The molecule has 0 atom stereocenters. The third-order valence-corrected chi connectivity index (χ3v) is 5.07. The highest BCUT2D eigenvalue weighted by Crippen LogP contribution is 2.26. The van der Waals surface area contributed by atoms with E-state index < -0.39 is 0 Å². The molecule has 2 aliphatic rings. The minimum atomic E-state index is -0.0652. The Morgan fingerprint density at radius 3 is 2.88 bits per heavy atom. The molecule has 0 unspecified atom stereocenters. The molecule has 24 heavy (non-hydrogen) atoms. The second-order valence-corrected chi connectivity index (χ2v) is 6.83. The molecular weight excluding hydrogens is 304 g/mol. The Bertz CT molecular complexity index is 811. The molecule has 1 aliphatic heterocycles. The average molecular weight is 326 g/mol. The fourth-order valence-electron chi connectivity index (χ4n) is 3.40. The summed E-state index contributed by atoms with van der Waals surface area (Å²) < 4.78 is 1.35. The van der Waals surface area contributed by atoms with Crippen molar-refractivity contribution in [2.24, 2.45) is 7.05 Å². The zero-order valence-corrected chi connectivity index (χ0v) is 14.1. The van der Waals surface area contributed by atoms with E-state index in [1.165, 1.54) is 22.4 Å². The summed E-state index contributed by atoms with van der Waals surface area (Å²) in [4.78, 5) is 16.2. The van der Waals surface area contributed by atoms with Gasteiger partial charge in [-0.25, -0.2) is 4.68 Å². The Kier molecular flexibility index (Phi) is 3.80. The molecule has 7 nitrogen and oxygen atoms in total. The summed E-state index contributed by atoms with van der Waals surface area (Å²) >= 11 is 0. The second kappa shape index (κ2) is 5.98. The molecule has 1 saturated heterocycles. The molecule has 1 fully saturated rings. The van der Waals surface area contributed by atoms with E-state index in [-0.39, 0.29) is 5.56 Å². The molecule has 0 amide bonds. The molecule has 2 aromatic heterocycles. The smallest absolute Gasteiger partial charge is 0.266 e. The third kappa shape index (κ3) is 2.80. The van der Waals surface area contributed by atoms with Crippen LogP contribution in [-0.4, -0.2) is 51.1 Å². The third-order valence-electron chi connectivity index (χ3n) is 5.07. The second-order valence-electron chi connectivity index (χ2n) is 6.83. The van der Waals surface area contributed by atoms with Crippen LogP contribution in [0.25, 0.3) is 0 Å². The van der Waals surface area contributed by atoms with Crippen LogP contribution >= 0.6 is 0 Å². The van der Waals surface area contributed by atoms with Crippen LogP contribution in [0.1, 0.15) is 23.2 Å². The first-order chi connectivity index (χ1) is 11.6. The Labute approximate surface area is 140 Å². The van der Waals surface area contributed by atoms with Crippen LogP contribution in [0.3, 0.4) is 0 Å². The van der Waals surface area contributed by atoms with Gasteiger partial charge in [0.25, 0.3) is 5.56 Å². The molecule has 0 radical (unpaired) electrons. The highest BCUT2D eigenvalue weighted by molar-refractivity contribution is 5.45. The average Bonchev–Trinajstić information content (AvgIpc) is 2.97. The van der Waals surface area contributed by atoms with E-state index in [0.717, 1.165) is 43.9 Å². The molecule has 0 spiro atoms. The first kappa shape index (κ1) is 15.3. The van der Waals surface area contributed by atoms with Crippen LogP contribution in [0.15, 0.2) is 23.1 Å². The lowest BCUT2D eigenvalue weighted by atomic mass is 10.1. The lowest BCUT2D eigenvalue weighted by Crippen LogP contribution is -2.58. The van der Waals surface area contributed by atoms with E-state index in [2.05, 4.69) is 38.2 Å². The topological polar surface area (TPSA) is 67.2 Å². The van der Waals surface area contributed by atoms with Crippen molar-refractivity contribution in [1.29, 1.82) is 0 Å². The molecule has 126 valence electrons. The van der Waals surface area contributed by atoms with E-state index >= 15 is 0 Å². The van der Waals surface area contributed by atoms with Crippen molar-refractivity contribution in [1.82, 2.24) is 24.9 Å². The fraction of sp³-hybridized carbons (Fsp3) is 0.529. The van der Waals surface area contributed by atoms with Crippen LogP contribution in [0.5, 0.6) is 0 Å². The summed E-state index contributed by atoms with van der Waals surface area (Å²) in [6.45, 7) is 2.63. The summed E-state index contributed by atoms with van der Waals surface area (Å²) in [5, 5.41) is 12.8. The predicted molar refractivity (Wildman–Crippen MR) is 91.0 cm³/mol. The first-order valence-electron chi connectivity index (χ1n) is 8.43. The zero-order chi connectivity index (χ0) is 16.7. The molecule has 3 heterocycles. The maximum absolute atomic E-state index is 11.7. The molecule has 4 rings (SSSR count). The van der Waals surface area contributed by atoms with E-state index in [1.54, 1.807) is 19.3 Å². The van der Waals surface area contributed by atoms with E-state index in [9.17, 15) is 4.79 Å². The lowest BCUT2D eigenvalue weighted by Gasteiger charge is -2.44. The lowest BCUT2D eigenvalue weighted by molar-refractivity contribution is 0.196. The van der Waals surface area contributed by atoms with Gasteiger partial charge in [-0.3, -0.25) is 9.69 Å². The predicted octanol–water partition coefficient (Wildman–Crippen LogP) is 0.380. The van der Waals surface area contributed by atoms with Gasteiger partial charge in [-0.1, -0.05) is 0 Å². The van der Waals surface area contributed by atoms with Crippen molar-refractivity contribution < 1.29 is 0 Å². The first-order valence-corrected chi connectivity index (χ1v) is 8.43. The van der Waals surface area contributed by atoms with Crippen molar-refractivity contribution in [3.05, 3.63) is 45.5 Å². The Hall–Kier alpha value is -2.28. The number of hydrogen-bond acceptors (Lipinski definition) is 6. The van der Waals surface area contributed by atoms with Crippen molar-refractivity contribution in [2.45, 2.75) is 31.8 Å². The number of fused-ring (bicyclic) bond motifs is 1. The van der Waals surface area contributed by atoms with Gasteiger partial charge in [0.2, 0.25) is 0 Å². The molecule has 7 heteroatoms. The summed E-state index contributed by atoms with van der Waals surface area (Å²) in [5.41, 5.74) is 3.43. The standard InChI is InChI=1S/C17H22N6O/c1-21(9-12-6-17(24)22(2)18-8-12)14-10-23(11-14)16-7-13-4-3-5-15(13)19-20-16/h6-8,14H,3-5,9-11H2,1-2H3. The zero-order valence-electron chi connectivity index (χ0n) is 14.1. The van der Waals surface area contributed by atoms with Gasteiger partial charge in [-0.2, -0.15) is 10.2 Å². The summed E-state index contributed by atoms with van der Waals surface area (Å²) in [6, 6.07) is 4.33. The number of aromatic nitrogens is 4. The van der Waals surface area contributed by atoms with Gasteiger partial charge in [0, 0.05) is 38.8 Å². The molecular formula is C17H22N6O. The van der Waals surface area contributed by atoms with Crippen LogP contribution in [0, 0.1) is 0 Å². The molecule has 0 aromatic carbocycles. The van der Waals surface area contributed by atoms with Gasteiger partial charge in [-0.15, -0.1) is 5.10 Å². The van der Waals surface area contributed by atoms with E-state index in [1.807, 2.05) is 0 Å². The van der Waals surface area contributed by atoms with E-state index in [0.29, 0.717) is 6.04 Å². The van der Waals surface area contributed by atoms with Gasteiger partial charge in [-0.05, 0) is 43.5 Å². The van der Waals surface area contributed by atoms with Gasteiger partial charge >= 0.3 is 0 Å². The quantitative estimate of drug-likeness (QED) is 0.809. The van der Waals surface area contributed by atoms with Crippen molar-refractivity contribution in [3.8, 4) is 0 Å². The van der Waals surface area contributed by atoms with Gasteiger partial charge < -0.3 is 4.90 Å². The molecule has 1 aliphatic carbocycles. The Morgan fingerprint density at radius 2 is 2.08 bits per heavy atom. The van der Waals surface area contributed by atoms with Crippen LogP contribution < -0.4 is 10.5 Å². The highest BCUT2D eigenvalue weighted by Gasteiger charge is 2.31. The molecule has 2 aromatic rings. The Balaban J connectivity index is 1.36. The molecule has 0 bridgehead atoms. The fourth-order valence-corrected chi connectivity index (χ4v) is 3.40. The highest BCUT2D eigenvalue weighted by atomic mass is 16.1. The van der Waals surface area contributed by atoms with Crippen molar-refractivity contribution in [3.63, 3.8) is 0 Å².